The first-order valence-electron chi connectivity index (χ1n) is 8.76. The summed E-state index contributed by atoms with van der Waals surface area (Å²) in [6, 6.07) is 17.9. The van der Waals surface area contributed by atoms with Gasteiger partial charge in [-0.25, -0.2) is 4.98 Å². The number of benzene rings is 2. The number of rotatable bonds is 2. The summed E-state index contributed by atoms with van der Waals surface area (Å²) in [7, 11) is 0. The average Bonchev–Trinajstić information content (AvgIpc) is 3.01. The lowest BCUT2D eigenvalue weighted by atomic mass is 10.0. The van der Waals surface area contributed by atoms with E-state index in [1.54, 1.807) is 0 Å². The van der Waals surface area contributed by atoms with Crippen LogP contribution in [0.2, 0.25) is 0 Å². The van der Waals surface area contributed by atoms with Gasteiger partial charge in [-0.2, -0.15) is 0 Å². The monoisotopic (exact) mass is 342 g/mol. The zero-order valence-electron chi connectivity index (χ0n) is 14.1. The molecular weight excluding hydrogens is 324 g/mol. The highest BCUT2D eigenvalue weighted by atomic mass is 16.2. The molecule has 0 aliphatic carbocycles. The van der Waals surface area contributed by atoms with Crippen molar-refractivity contribution in [3.63, 3.8) is 0 Å². The second-order valence-electron chi connectivity index (χ2n) is 6.68. The summed E-state index contributed by atoms with van der Waals surface area (Å²) in [5.74, 6) is 0.611. The van der Waals surface area contributed by atoms with Gasteiger partial charge in [0.2, 0.25) is 5.91 Å². The quantitative estimate of drug-likeness (QED) is 0.523. The topological polar surface area (TPSA) is 69.8 Å². The lowest BCUT2D eigenvalue weighted by molar-refractivity contribution is -0.118. The summed E-state index contributed by atoms with van der Waals surface area (Å²) in [6.07, 6.45) is 2.62. The van der Waals surface area contributed by atoms with Crippen molar-refractivity contribution in [1.29, 1.82) is 0 Å². The molecule has 2 aromatic heterocycles. The smallest absolute Gasteiger partial charge is 0.243 e. The lowest BCUT2D eigenvalue weighted by Gasteiger charge is -2.13. The second-order valence-corrected chi connectivity index (χ2v) is 6.68. The van der Waals surface area contributed by atoms with Gasteiger partial charge in [0.1, 0.15) is 5.82 Å². The van der Waals surface area contributed by atoms with E-state index in [-0.39, 0.29) is 11.9 Å². The van der Waals surface area contributed by atoms with Crippen LogP contribution in [0.1, 0.15) is 11.1 Å². The molecule has 0 spiro atoms. The Morgan fingerprint density at radius 3 is 2.88 bits per heavy atom. The van der Waals surface area contributed by atoms with Crippen LogP contribution >= 0.6 is 0 Å². The summed E-state index contributed by atoms with van der Waals surface area (Å²) in [4.78, 5) is 20.7. The molecule has 0 saturated heterocycles. The molecule has 1 amide bonds. The van der Waals surface area contributed by atoms with Gasteiger partial charge in [-0.1, -0.05) is 36.4 Å². The molecule has 1 aliphatic heterocycles. The minimum absolute atomic E-state index is 0.0446. The molecule has 0 unspecified atom stereocenters. The van der Waals surface area contributed by atoms with Crippen LogP contribution in [-0.4, -0.2) is 21.9 Å². The highest BCUT2D eigenvalue weighted by Crippen LogP contribution is 2.24. The summed E-state index contributed by atoms with van der Waals surface area (Å²) in [5.41, 5.74) is 4.13. The van der Waals surface area contributed by atoms with Crippen LogP contribution in [0.25, 0.3) is 21.8 Å². The number of aromatic amines is 1. The summed E-state index contributed by atoms with van der Waals surface area (Å²) >= 11 is 0. The minimum Gasteiger partial charge on any atom is -0.361 e. The molecule has 128 valence electrons. The standard InChI is InChI=1S/C21H18N4O/c26-21-19(10-14-11-22-18-8-4-2-6-16(14)18)23-12-15-9-13-5-1-3-7-17(13)24-20(15)25-21/h1-9,11,19,22-23H,10,12H2,(H,24,25,26)/t19-/m0/s1. The van der Waals surface area contributed by atoms with E-state index in [0.29, 0.717) is 18.8 Å². The molecule has 0 fully saturated rings. The van der Waals surface area contributed by atoms with Gasteiger partial charge >= 0.3 is 0 Å². The SMILES string of the molecule is O=C1Nc2nc3ccccc3cc2CN[C@H]1Cc1c[nH]c2ccccc12. The maximum absolute atomic E-state index is 12.8. The molecule has 4 aromatic rings. The van der Waals surface area contributed by atoms with Crippen LogP contribution in [0.5, 0.6) is 0 Å². The first kappa shape index (κ1) is 15.1. The number of fused-ring (bicyclic) bond motifs is 3. The highest BCUT2D eigenvalue weighted by molar-refractivity contribution is 5.97. The van der Waals surface area contributed by atoms with Gasteiger partial charge in [0, 0.05) is 34.6 Å². The number of para-hydroxylation sites is 2. The summed E-state index contributed by atoms with van der Waals surface area (Å²) in [6.45, 7) is 0.610. The molecule has 5 nitrogen and oxygen atoms in total. The third-order valence-corrected chi connectivity index (χ3v) is 5.00. The van der Waals surface area contributed by atoms with Crippen molar-refractivity contribution < 1.29 is 4.79 Å². The number of carbonyl (C=O) groups is 1. The number of aromatic nitrogens is 2. The number of hydrogen-bond donors (Lipinski definition) is 3. The van der Waals surface area contributed by atoms with E-state index >= 15 is 0 Å². The third kappa shape index (κ3) is 2.53. The number of amides is 1. The number of nitrogens with one attached hydrogen (secondary N) is 3. The van der Waals surface area contributed by atoms with Crippen LogP contribution in [0.3, 0.4) is 0 Å². The Labute approximate surface area is 150 Å². The van der Waals surface area contributed by atoms with E-state index in [1.807, 2.05) is 48.7 Å². The zero-order valence-corrected chi connectivity index (χ0v) is 14.1. The van der Waals surface area contributed by atoms with Crippen molar-refractivity contribution in [2.75, 3.05) is 5.32 Å². The van der Waals surface area contributed by atoms with Crippen LogP contribution in [0.4, 0.5) is 5.82 Å². The number of pyridine rings is 1. The number of H-pyrrole nitrogens is 1. The van der Waals surface area contributed by atoms with E-state index in [9.17, 15) is 4.79 Å². The number of anilines is 1. The molecule has 5 rings (SSSR count). The Kier molecular flexibility index (Phi) is 3.47. The molecule has 0 radical (unpaired) electrons. The van der Waals surface area contributed by atoms with Crippen molar-refractivity contribution in [2.45, 2.75) is 19.0 Å². The van der Waals surface area contributed by atoms with Crippen molar-refractivity contribution in [2.24, 2.45) is 0 Å². The first-order valence-corrected chi connectivity index (χ1v) is 8.76. The fourth-order valence-electron chi connectivity index (χ4n) is 3.62. The fourth-order valence-corrected chi connectivity index (χ4v) is 3.62. The summed E-state index contributed by atoms with van der Waals surface area (Å²) < 4.78 is 0. The average molecular weight is 342 g/mol. The number of nitrogens with zero attached hydrogens (tertiary/aromatic N) is 1. The van der Waals surface area contributed by atoms with Crippen molar-refractivity contribution in [3.05, 3.63) is 71.9 Å². The second kappa shape index (κ2) is 5.97. The molecule has 1 atom stereocenters. The van der Waals surface area contributed by atoms with Crippen LogP contribution in [0.15, 0.2) is 60.8 Å². The summed E-state index contributed by atoms with van der Waals surface area (Å²) in [5, 5.41) is 8.63. The van der Waals surface area contributed by atoms with E-state index in [4.69, 9.17) is 0 Å². The van der Waals surface area contributed by atoms with E-state index in [0.717, 1.165) is 32.9 Å². The molecule has 0 bridgehead atoms. The first-order chi connectivity index (χ1) is 12.8. The molecule has 3 N–H and O–H groups in total. The highest BCUT2D eigenvalue weighted by Gasteiger charge is 2.25. The Morgan fingerprint density at radius 2 is 1.92 bits per heavy atom. The van der Waals surface area contributed by atoms with Gasteiger partial charge in [0.25, 0.3) is 0 Å². The maximum atomic E-state index is 12.8. The Hall–Kier alpha value is -3.18. The van der Waals surface area contributed by atoms with Gasteiger partial charge < -0.3 is 15.6 Å². The normalized spacial score (nSPS) is 17.1. The van der Waals surface area contributed by atoms with Gasteiger partial charge in [0.05, 0.1) is 11.6 Å². The molecule has 2 aromatic carbocycles. The molecule has 5 heteroatoms. The number of carbonyl (C=O) groups excluding carboxylic acids is 1. The molecule has 1 aliphatic rings. The lowest BCUT2D eigenvalue weighted by Crippen LogP contribution is -2.39. The van der Waals surface area contributed by atoms with Crippen LogP contribution in [-0.2, 0) is 17.8 Å². The molecule has 26 heavy (non-hydrogen) atoms. The maximum Gasteiger partial charge on any atom is 0.243 e. The van der Waals surface area contributed by atoms with Gasteiger partial charge in [-0.05, 0) is 30.2 Å². The van der Waals surface area contributed by atoms with Crippen LogP contribution < -0.4 is 10.6 Å². The van der Waals surface area contributed by atoms with Gasteiger partial charge in [0.15, 0.2) is 0 Å². The Bertz CT molecular complexity index is 1130. The zero-order chi connectivity index (χ0) is 17.5. The molecule has 3 heterocycles. The third-order valence-electron chi connectivity index (χ3n) is 5.00. The molecular formula is C21H18N4O. The van der Waals surface area contributed by atoms with Crippen molar-refractivity contribution in [3.8, 4) is 0 Å². The van der Waals surface area contributed by atoms with Crippen molar-refractivity contribution >= 4 is 33.5 Å². The predicted molar refractivity (Wildman–Crippen MR) is 103 cm³/mol. The largest absolute Gasteiger partial charge is 0.361 e. The van der Waals surface area contributed by atoms with E-state index in [1.165, 1.54) is 0 Å². The minimum atomic E-state index is -0.300. The van der Waals surface area contributed by atoms with Gasteiger partial charge in [-0.3, -0.25) is 4.79 Å². The predicted octanol–water partition coefficient (Wildman–Crippen LogP) is 3.37. The van der Waals surface area contributed by atoms with E-state index < -0.39 is 0 Å². The van der Waals surface area contributed by atoms with Gasteiger partial charge in [-0.15, -0.1) is 0 Å². The van der Waals surface area contributed by atoms with Crippen molar-refractivity contribution in [1.82, 2.24) is 15.3 Å². The van der Waals surface area contributed by atoms with Crippen LogP contribution in [0, 0.1) is 0 Å². The number of hydrogen-bond acceptors (Lipinski definition) is 3. The Balaban J connectivity index is 1.45. The molecule has 0 saturated carbocycles. The fraction of sp³-hybridized carbons (Fsp3) is 0.143. The van der Waals surface area contributed by atoms with E-state index in [2.05, 4.69) is 32.7 Å². The Morgan fingerprint density at radius 1 is 1.08 bits per heavy atom.